The molecule has 0 radical (unpaired) electrons. The van der Waals surface area contributed by atoms with Gasteiger partial charge in [0.05, 0.1) is 12.0 Å². The van der Waals surface area contributed by atoms with Crippen LogP contribution in [0.2, 0.25) is 0 Å². The topological polar surface area (TPSA) is 27.0 Å². The highest BCUT2D eigenvalue weighted by atomic mass is 15.2. The Labute approximate surface area is 110 Å². The third kappa shape index (κ3) is 2.51. The molecule has 1 fully saturated rings. The van der Waals surface area contributed by atoms with Crippen molar-refractivity contribution in [3.05, 3.63) is 29.3 Å². The van der Waals surface area contributed by atoms with Crippen LogP contribution in [-0.2, 0) is 0 Å². The summed E-state index contributed by atoms with van der Waals surface area (Å²) in [6.07, 6.45) is 2.10. The molecule has 2 heteroatoms. The summed E-state index contributed by atoms with van der Waals surface area (Å²) in [5.74, 6) is 0.166. The Morgan fingerprint density at radius 3 is 2.39 bits per heavy atom. The van der Waals surface area contributed by atoms with E-state index in [0.29, 0.717) is 0 Å². The molecule has 1 unspecified atom stereocenters. The maximum Gasteiger partial charge on any atom is 0.0674 e. The van der Waals surface area contributed by atoms with Crippen molar-refractivity contribution in [1.82, 2.24) is 0 Å². The Balaban J connectivity index is 2.36. The highest BCUT2D eigenvalue weighted by Gasteiger charge is 2.34. The fraction of sp³-hybridized carbons (Fsp3) is 0.562. The van der Waals surface area contributed by atoms with E-state index in [1.165, 1.54) is 16.8 Å². The Morgan fingerprint density at radius 1 is 1.22 bits per heavy atom. The van der Waals surface area contributed by atoms with Gasteiger partial charge in [-0.25, -0.2) is 0 Å². The summed E-state index contributed by atoms with van der Waals surface area (Å²) in [7, 11) is 0. The number of nitrogens with zero attached hydrogens (tertiary/aromatic N) is 2. The van der Waals surface area contributed by atoms with Crippen molar-refractivity contribution in [1.29, 1.82) is 5.26 Å². The van der Waals surface area contributed by atoms with Crippen LogP contribution in [-0.4, -0.2) is 12.1 Å². The van der Waals surface area contributed by atoms with Gasteiger partial charge in [-0.15, -0.1) is 0 Å². The Hall–Kier alpha value is -1.49. The van der Waals surface area contributed by atoms with Crippen LogP contribution < -0.4 is 4.90 Å². The van der Waals surface area contributed by atoms with Crippen LogP contribution in [0.3, 0.4) is 0 Å². The van der Waals surface area contributed by atoms with Crippen molar-refractivity contribution in [3.63, 3.8) is 0 Å². The molecule has 1 aliphatic heterocycles. The fourth-order valence-electron chi connectivity index (χ4n) is 2.89. The maximum absolute atomic E-state index is 9.16. The molecule has 0 aliphatic carbocycles. The van der Waals surface area contributed by atoms with E-state index in [0.717, 1.165) is 19.4 Å². The van der Waals surface area contributed by atoms with Gasteiger partial charge in [-0.2, -0.15) is 5.26 Å². The van der Waals surface area contributed by atoms with E-state index in [4.69, 9.17) is 5.26 Å². The second kappa shape index (κ2) is 4.65. The second-order valence-corrected chi connectivity index (χ2v) is 6.13. The minimum Gasteiger partial charge on any atom is -0.365 e. The number of hydrogen-bond donors (Lipinski definition) is 0. The zero-order valence-corrected chi connectivity index (χ0v) is 11.8. The van der Waals surface area contributed by atoms with E-state index in [-0.39, 0.29) is 11.5 Å². The SMILES string of the molecule is Cc1cc(C)cc(N2CC(C#N)CCC2(C)C)c1. The molecule has 18 heavy (non-hydrogen) atoms. The van der Waals surface area contributed by atoms with Crippen molar-refractivity contribution in [2.24, 2.45) is 5.92 Å². The summed E-state index contributed by atoms with van der Waals surface area (Å²) in [6.45, 7) is 9.67. The van der Waals surface area contributed by atoms with Crippen LogP contribution in [0.15, 0.2) is 18.2 Å². The van der Waals surface area contributed by atoms with Gasteiger partial charge in [0.15, 0.2) is 0 Å². The van der Waals surface area contributed by atoms with Gasteiger partial charge in [-0.3, -0.25) is 0 Å². The van der Waals surface area contributed by atoms with Crippen molar-refractivity contribution >= 4 is 5.69 Å². The first kappa shape index (κ1) is 13.0. The number of hydrogen-bond acceptors (Lipinski definition) is 2. The molecule has 1 heterocycles. The van der Waals surface area contributed by atoms with E-state index in [1.54, 1.807) is 0 Å². The zero-order valence-electron chi connectivity index (χ0n) is 11.8. The van der Waals surface area contributed by atoms with Gasteiger partial charge in [-0.1, -0.05) is 6.07 Å². The number of anilines is 1. The van der Waals surface area contributed by atoms with E-state index < -0.39 is 0 Å². The number of rotatable bonds is 1. The van der Waals surface area contributed by atoms with Crippen LogP contribution >= 0.6 is 0 Å². The van der Waals surface area contributed by atoms with Crippen molar-refractivity contribution in [2.75, 3.05) is 11.4 Å². The lowest BCUT2D eigenvalue weighted by Gasteiger charge is -2.46. The van der Waals surface area contributed by atoms with Crippen LogP contribution in [0, 0.1) is 31.1 Å². The molecule has 1 atom stereocenters. The standard InChI is InChI=1S/C16H22N2/c1-12-7-13(2)9-15(8-12)18-11-14(10-17)5-6-16(18,3)4/h7-9,14H,5-6,11H2,1-4H3. The summed E-state index contributed by atoms with van der Waals surface area (Å²) in [4.78, 5) is 2.41. The normalized spacial score (nSPS) is 22.6. The molecule has 96 valence electrons. The fourth-order valence-corrected chi connectivity index (χ4v) is 2.89. The molecule has 0 amide bonds. The van der Waals surface area contributed by atoms with Crippen LogP contribution in [0.1, 0.15) is 37.8 Å². The predicted molar refractivity (Wildman–Crippen MR) is 75.7 cm³/mol. The third-order valence-corrected chi connectivity index (χ3v) is 3.94. The molecule has 2 nitrogen and oxygen atoms in total. The van der Waals surface area contributed by atoms with Gasteiger partial charge in [0.1, 0.15) is 0 Å². The van der Waals surface area contributed by atoms with Gasteiger partial charge in [0.2, 0.25) is 0 Å². The molecule has 2 rings (SSSR count). The molecule has 1 aromatic rings. The quantitative estimate of drug-likeness (QED) is 0.748. The van der Waals surface area contributed by atoms with E-state index in [2.05, 4.69) is 56.9 Å². The van der Waals surface area contributed by atoms with E-state index in [9.17, 15) is 0 Å². The molecule has 0 N–H and O–H groups in total. The number of nitriles is 1. The summed E-state index contributed by atoms with van der Waals surface area (Å²) in [5, 5.41) is 9.16. The molecule has 1 aromatic carbocycles. The lowest BCUT2D eigenvalue weighted by Crippen LogP contribution is -2.50. The third-order valence-electron chi connectivity index (χ3n) is 3.94. The lowest BCUT2D eigenvalue weighted by molar-refractivity contribution is 0.325. The van der Waals surface area contributed by atoms with Crippen LogP contribution in [0.5, 0.6) is 0 Å². The van der Waals surface area contributed by atoms with Gasteiger partial charge in [-0.05, 0) is 63.8 Å². The smallest absolute Gasteiger partial charge is 0.0674 e. The summed E-state index contributed by atoms with van der Waals surface area (Å²) in [6, 6.07) is 9.09. The average Bonchev–Trinajstić information content (AvgIpc) is 2.27. The molecule has 0 aromatic heterocycles. The van der Waals surface area contributed by atoms with Crippen molar-refractivity contribution < 1.29 is 0 Å². The molecule has 0 bridgehead atoms. The Morgan fingerprint density at radius 2 is 1.83 bits per heavy atom. The van der Waals surface area contributed by atoms with Gasteiger partial charge < -0.3 is 4.90 Å². The van der Waals surface area contributed by atoms with E-state index >= 15 is 0 Å². The van der Waals surface area contributed by atoms with Crippen molar-refractivity contribution in [3.8, 4) is 6.07 Å². The molecule has 0 saturated carbocycles. The van der Waals surface area contributed by atoms with Gasteiger partial charge in [0, 0.05) is 17.8 Å². The zero-order chi connectivity index (χ0) is 13.3. The number of piperidine rings is 1. The largest absolute Gasteiger partial charge is 0.365 e. The number of aryl methyl sites for hydroxylation is 2. The summed E-state index contributed by atoms with van der Waals surface area (Å²) in [5.41, 5.74) is 3.99. The highest BCUT2D eigenvalue weighted by molar-refractivity contribution is 5.53. The minimum absolute atomic E-state index is 0.146. The van der Waals surface area contributed by atoms with Crippen LogP contribution in [0.4, 0.5) is 5.69 Å². The molecule has 1 aliphatic rings. The first-order valence-corrected chi connectivity index (χ1v) is 6.68. The molecular weight excluding hydrogens is 220 g/mol. The second-order valence-electron chi connectivity index (χ2n) is 6.13. The van der Waals surface area contributed by atoms with Crippen molar-refractivity contribution in [2.45, 2.75) is 46.1 Å². The molecule has 0 spiro atoms. The van der Waals surface area contributed by atoms with E-state index in [1.807, 2.05) is 0 Å². The molecular formula is C16H22N2. The monoisotopic (exact) mass is 242 g/mol. The van der Waals surface area contributed by atoms with Gasteiger partial charge >= 0.3 is 0 Å². The minimum atomic E-state index is 0.146. The lowest BCUT2D eigenvalue weighted by atomic mass is 9.84. The van der Waals surface area contributed by atoms with Gasteiger partial charge in [0.25, 0.3) is 0 Å². The first-order valence-electron chi connectivity index (χ1n) is 6.68. The number of benzene rings is 1. The maximum atomic E-state index is 9.16. The predicted octanol–water partition coefficient (Wildman–Crippen LogP) is 3.82. The highest BCUT2D eigenvalue weighted by Crippen LogP contribution is 2.35. The Kier molecular flexibility index (Phi) is 3.34. The van der Waals surface area contributed by atoms with Crippen LogP contribution in [0.25, 0.3) is 0 Å². The Bertz CT molecular complexity index is 462. The first-order chi connectivity index (χ1) is 8.42. The summed E-state index contributed by atoms with van der Waals surface area (Å²) < 4.78 is 0. The summed E-state index contributed by atoms with van der Waals surface area (Å²) >= 11 is 0. The molecule has 1 saturated heterocycles. The average molecular weight is 242 g/mol.